The van der Waals surface area contributed by atoms with Gasteiger partial charge in [-0.2, -0.15) is 0 Å². The van der Waals surface area contributed by atoms with E-state index in [0.717, 1.165) is 6.54 Å². The molecule has 0 fully saturated rings. The van der Waals surface area contributed by atoms with Crippen LogP contribution in [0.4, 0.5) is 0 Å². The largest absolute Gasteiger partial charge is 0.378 e. The van der Waals surface area contributed by atoms with E-state index in [2.05, 4.69) is 38.5 Å². The van der Waals surface area contributed by atoms with Crippen molar-refractivity contribution in [3.05, 3.63) is 36.6 Å². The molecular formula is C10H17N. The van der Waals surface area contributed by atoms with E-state index in [1.807, 2.05) is 12.2 Å². The topological polar surface area (TPSA) is 3.24 Å². The molecule has 0 saturated heterocycles. The first-order chi connectivity index (χ1) is 5.22. The van der Waals surface area contributed by atoms with Crippen LogP contribution in [-0.2, 0) is 0 Å². The Balaban J connectivity index is 3.98. The molecule has 11 heavy (non-hydrogen) atoms. The van der Waals surface area contributed by atoms with Crippen LogP contribution in [0, 0.1) is 0 Å². The summed E-state index contributed by atoms with van der Waals surface area (Å²) in [6, 6.07) is 0. The molecule has 0 radical (unpaired) electrons. The van der Waals surface area contributed by atoms with Gasteiger partial charge in [0, 0.05) is 19.3 Å². The molecule has 0 amide bonds. The number of hydrogen-bond acceptors (Lipinski definition) is 1. The fourth-order valence-electron chi connectivity index (χ4n) is 0.650. The van der Waals surface area contributed by atoms with Crippen molar-refractivity contribution in [2.24, 2.45) is 0 Å². The Labute approximate surface area is 69.7 Å². The zero-order chi connectivity index (χ0) is 8.69. The first-order valence-corrected chi connectivity index (χ1v) is 3.89. The Morgan fingerprint density at radius 2 is 2.09 bits per heavy atom. The number of allylic oxidation sites excluding steroid dienone is 5. The predicted octanol–water partition coefficient (Wildman–Crippen LogP) is 2.58. The zero-order valence-electron chi connectivity index (χ0n) is 7.67. The Morgan fingerprint density at radius 3 is 2.55 bits per heavy atom. The smallest absolute Gasteiger partial charge is 0.0143 e. The van der Waals surface area contributed by atoms with Gasteiger partial charge < -0.3 is 4.90 Å². The molecule has 0 unspecified atom stereocenters. The SMILES string of the molecule is C=C/C=C\C=C(/C)N(C)CC. The third-order valence-corrected chi connectivity index (χ3v) is 1.66. The second-order valence-electron chi connectivity index (χ2n) is 2.44. The quantitative estimate of drug-likeness (QED) is 0.558. The van der Waals surface area contributed by atoms with Crippen LogP contribution in [0.3, 0.4) is 0 Å². The van der Waals surface area contributed by atoms with Gasteiger partial charge in [0.15, 0.2) is 0 Å². The van der Waals surface area contributed by atoms with Gasteiger partial charge in [0.2, 0.25) is 0 Å². The molecule has 0 atom stereocenters. The van der Waals surface area contributed by atoms with Crippen molar-refractivity contribution in [1.82, 2.24) is 4.90 Å². The van der Waals surface area contributed by atoms with Crippen molar-refractivity contribution >= 4 is 0 Å². The third-order valence-electron chi connectivity index (χ3n) is 1.66. The van der Waals surface area contributed by atoms with Crippen LogP contribution in [0.15, 0.2) is 36.6 Å². The van der Waals surface area contributed by atoms with Crippen molar-refractivity contribution in [1.29, 1.82) is 0 Å². The normalized spacial score (nSPS) is 12.1. The maximum Gasteiger partial charge on any atom is 0.0143 e. The van der Waals surface area contributed by atoms with Crippen LogP contribution in [0.5, 0.6) is 0 Å². The summed E-state index contributed by atoms with van der Waals surface area (Å²) >= 11 is 0. The Morgan fingerprint density at radius 1 is 1.45 bits per heavy atom. The summed E-state index contributed by atoms with van der Waals surface area (Å²) < 4.78 is 0. The Kier molecular flexibility index (Phi) is 5.26. The van der Waals surface area contributed by atoms with Crippen molar-refractivity contribution < 1.29 is 0 Å². The molecular weight excluding hydrogens is 134 g/mol. The summed E-state index contributed by atoms with van der Waals surface area (Å²) in [5, 5.41) is 0. The molecule has 0 saturated carbocycles. The first kappa shape index (κ1) is 10.0. The van der Waals surface area contributed by atoms with Gasteiger partial charge in [0.05, 0.1) is 0 Å². The minimum absolute atomic E-state index is 1.05. The van der Waals surface area contributed by atoms with Crippen LogP contribution < -0.4 is 0 Å². The van der Waals surface area contributed by atoms with E-state index in [1.165, 1.54) is 5.70 Å². The molecule has 0 aromatic carbocycles. The molecule has 0 rings (SSSR count). The Hall–Kier alpha value is -0.980. The molecule has 1 nitrogen and oxygen atoms in total. The average molecular weight is 151 g/mol. The summed E-state index contributed by atoms with van der Waals surface area (Å²) in [6.07, 6.45) is 7.77. The number of hydrogen-bond donors (Lipinski definition) is 0. The van der Waals surface area contributed by atoms with Crippen molar-refractivity contribution in [3.63, 3.8) is 0 Å². The van der Waals surface area contributed by atoms with Crippen LogP contribution in [0.2, 0.25) is 0 Å². The summed E-state index contributed by atoms with van der Waals surface area (Å²) in [7, 11) is 2.08. The third kappa shape index (κ3) is 4.43. The number of rotatable bonds is 4. The van der Waals surface area contributed by atoms with E-state index in [0.29, 0.717) is 0 Å². The lowest BCUT2D eigenvalue weighted by Gasteiger charge is -2.16. The van der Waals surface area contributed by atoms with Gasteiger partial charge in [-0.1, -0.05) is 24.8 Å². The summed E-state index contributed by atoms with van der Waals surface area (Å²) in [6.45, 7) is 8.87. The van der Waals surface area contributed by atoms with E-state index in [1.54, 1.807) is 6.08 Å². The fourth-order valence-corrected chi connectivity index (χ4v) is 0.650. The highest BCUT2D eigenvalue weighted by molar-refractivity contribution is 5.13. The van der Waals surface area contributed by atoms with Gasteiger partial charge in [-0.3, -0.25) is 0 Å². The summed E-state index contributed by atoms with van der Waals surface area (Å²) in [5.41, 5.74) is 1.27. The summed E-state index contributed by atoms with van der Waals surface area (Å²) in [4.78, 5) is 2.19. The predicted molar refractivity (Wildman–Crippen MR) is 51.4 cm³/mol. The second-order valence-corrected chi connectivity index (χ2v) is 2.44. The molecule has 0 aliphatic heterocycles. The molecule has 0 heterocycles. The van der Waals surface area contributed by atoms with Gasteiger partial charge in [-0.25, -0.2) is 0 Å². The van der Waals surface area contributed by atoms with Crippen molar-refractivity contribution in [3.8, 4) is 0 Å². The second kappa shape index (κ2) is 5.78. The number of nitrogens with zero attached hydrogens (tertiary/aromatic N) is 1. The minimum Gasteiger partial charge on any atom is -0.378 e. The molecule has 0 aromatic rings. The van der Waals surface area contributed by atoms with Gasteiger partial charge in [-0.15, -0.1) is 0 Å². The lowest BCUT2D eigenvalue weighted by Crippen LogP contribution is -2.14. The monoisotopic (exact) mass is 151 g/mol. The molecule has 0 aliphatic carbocycles. The van der Waals surface area contributed by atoms with Gasteiger partial charge in [0.25, 0.3) is 0 Å². The van der Waals surface area contributed by atoms with E-state index in [9.17, 15) is 0 Å². The van der Waals surface area contributed by atoms with Crippen LogP contribution >= 0.6 is 0 Å². The van der Waals surface area contributed by atoms with Crippen LogP contribution in [-0.4, -0.2) is 18.5 Å². The van der Waals surface area contributed by atoms with Crippen molar-refractivity contribution in [2.75, 3.05) is 13.6 Å². The maximum atomic E-state index is 3.59. The molecule has 0 aromatic heterocycles. The molecule has 0 N–H and O–H groups in total. The molecule has 0 bridgehead atoms. The highest BCUT2D eigenvalue weighted by atomic mass is 15.1. The lowest BCUT2D eigenvalue weighted by atomic mass is 10.3. The van der Waals surface area contributed by atoms with E-state index < -0.39 is 0 Å². The maximum absolute atomic E-state index is 3.59. The molecule has 1 heteroatoms. The van der Waals surface area contributed by atoms with Crippen LogP contribution in [0.25, 0.3) is 0 Å². The fraction of sp³-hybridized carbons (Fsp3) is 0.400. The van der Waals surface area contributed by atoms with E-state index in [4.69, 9.17) is 0 Å². The molecule has 62 valence electrons. The van der Waals surface area contributed by atoms with Crippen LogP contribution in [0.1, 0.15) is 13.8 Å². The highest BCUT2D eigenvalue weighted by Gasteiger charge is 1.90. The van der Waals surface area contributed by atoms with Crippen molar-refractivity contribution in [2.45, 2.75) is 13.8 Å². The zero-order valence-corrected chi connectivity index (χ0v) is 7.67. The van der Waals surface area contributed by atoms with E-state index in [-0.39, 0.29) is 0 Å². The Bertz CT molecular complexity index is 166. The molecule has 0 aliphatic rings. The van der Waals surface area contributed by atoms with Gasteiger partial charge in [0.1, 0.15) is 0 Å². The molecule has 0 spiro atoms. The highest BCUT2D eigenvalue weighted by Crippen LogP contribution is 1.98. The minimum atomic E-state index is 1.05. The van der Waals surface area contributed by atoms with Gasteiger partial charge in [-0.05, 0) is 19.9 Å². The summed E-state index contributed by atoms with van der Waals surface area (Å²) in [5.74, 6) is 0. The van der Waals surface area contributed by atoms with Gasteiger partial charge >= 0.3 is 0 Å². The first-order valence-electron chi connectivity index (χ1n) is 3.89. The van der Waals surface area contributed by atoms with E-state index >= 15 is 0 Å². The average Bonchev–Trinajstić information content (AvgIpc) is 2.03. The standard InChI is InChI=1S/C10H17N/c1-5-7-8-9-10(3)11(4)6-2/h5,7-9H,1,6H2,2-4H3/b8-7-,10-9+. The lowest BCUT2D eigenvalue weighted by molar-refractivity contribution is 0.443.